The molecule has 0 radical (unpaired) electrons. The number of carbonyl (C=O) groups excluding carboxylic acids is 1. The van der Waals surface area contributed by atoms with E-state index in [1.165, 1.54) is 0 Å². The smallest absolute Gasteiger partial charge is 0.272 e. The van der Waals surface area contributed by atoms with Crippen molar-refractivity contribution in [3.63, 3.8) is 0 Å². The molecule has 0 aliphatic carbocycles. The van der Waals surface area contributed by atoms with Crippen molar-refractivity contribution in [3.8, 4) is 0 Å². The molecule has 1 aliphatic rings. The number of methoxy groups -OCH3 is 1. The van der Waals surface area contributed by atoms with Crippen molar-refractivity contribution in [1.29, 1.82) is 0 Å². The van der Waals surface area contributed by atoms with Gasteiger partial charge < -0.3 is 14.4 Å². The molecule has 0 aromatic carbocycles. The molecule has 0 spiro atoms. The maximum absolute atomic E-state index is 13.3. The molecule has 146 valence electrons. The van der Waals surface area contributed by atoms with E-state index >= 15 is 0 Å². The van der Waals surface area contributed by atoms with Crippen LogP contribution in [-0.2, 0) is 29.0 Å². The highest BCUT2D eigenvalue weighted by Gasteiger charge is 2.33. The third-order valence-corrected chi connectivity index (χ3v) is 4.82. The number of aryl methyl sites for hydroxylation is 1. The van der Waals surface area contributed by atoms with Gasteiger partial charge in [-0.3, -0.25) is 14.5 Å². The van der Waals surface area contributed by atoms with Gasteiger partial charge in [-0.2, -0.15) is 5.10 Å². The third kappa shape index (κ3) is 4.20. The Morgan fingerprint density at radius 2 is 2.19 bits per heavy atom. The van der Waals surface area contributed by atoms with Gasteiger partial charge in [-0.05, 0) is 32.4 Å². The summed E-state index contributed by atoms with van der Waals surface area (Å²) < 4.78 is 12.9. The van der Waals surface area contributed by atoms with E-state index in [4.69, 9.17) is 9.47 Å². The minimum atomic E-state index is -0.122. The molecule has 0 saturated carbocycles. The molecule has 0 bridgehead atoms. The summed E-state index contributed by atoms with van der Waals surface area (Å²) in [6.07, 6.45) is 2.44. The zero-order valence-corrected chi connectivity index (χ0v) is 16.7. The first-order valence-corrected chi connectivity index (χ1v) is 9.31. The van der Waals surface area contributed by atoms with Crippen LogP contribution >= 0.6 is 0 Å². The van der Waals surface area contributed by atoms with Crippen LogP contribution in [0, 0.1) is 6.92 Å². The number of hydrogen-bond donors (Lipinski definition) is 0. The van der Waals surface area contributed by atoms with Crippen LogP contribution in [-0.4, -0.2) is 52.4 Å². The van der Waals surface area contributed by atoms with Crippen molar-refractivity contribution in [2.75, 3.05) is 20.8 Å². The average molecular weight is 372 g/mol. The highest BCUT2D eigenvalue weighted by Crippen LogP contribution is 2.32. The van der Waals surface area contributed by atoms with Crippen LogP contribution in [0.25, 0.3) is 0 Å². The second kappa shape index (κ2) is 8.19. The van der Waals surface area contributed by atoms with E-state index in [0.29, 0.717) is 31.8 Å². The largest absolute Gasteiger partial charge is 0.383 e. The Kier molecular flexibility index (Phi) is 5.92. The number of rotatable bonds is 6. The van der Waals surface area contributed by atoms with Crippen LogP contribution in [0.5, 0.6) is 0 Å². The standard InChI is InChI=1S/C20H28N4O3/c1-13-6-7-16(21-11-13)12-23(4)20(25)19-17-10-14(2)27-15(3)18(17)22-24(19)8-9-26-5/h6-7,11,14-15H,8-10,12H2,1-5H3/t14-,15+/m0/s1. The van der Waals surface area contributed by atoms with E-state index in [1.807, 2.05) is 39.1 Å². The zero-order valence-electron chi connectivity index (χ0n) is 16.7. The van der Waals surface area contributed by atoms with Gasteiger partial charge in [0, 0.05) is 32.3 Å². The van der Waals surface area contributed by atoms with Crippen molar-refractivity contribution in [2.24, 2.45) is 0 Å². The molecule has 2 aromatic heterocycles. The van der Waals surface area contributed by atoms with Crippen molar-refractivity contribution < 1.29 is 14.3 Å². The lowest BCUT2D eigenvalue weighted by Crippen LogP contribution is -2.31. The number of carbonyl (C=O) groups is 1. The molecule has 3 heterocycles. The maximum Gasteiger partial charge on any atom is 0.272 e. The molecule has 0 fully saturated rings. The number of fused-ring (bicyclic) bond motifs is 1. The number of pyridine rings is 1. The first-order valence-electron chi connectivity index (χ1n) is 9.31. The fourth-order valence-electron chi connectivity index (χ4n) is 3.46. The van der Waals surface area contributed by atoms with Crippen LogP contribution in [0.15, 0.2) is 18.3 Å². The van der Waals surface area contributed by atoms with Crippen LogP contribution < -0.4 is 0 Å². The fourth-order valence-corrected chi connectivity index (χ4v) is 3.46. The van der Waals surface area contributed by atoms with E-state index in [1.54, 1.807) is 23.7 Å². The maximum atomic E-state index is 13.3. The molecule has 7 nitrogen and oxygen atoms in total. The minimum absolute atomic E-state index is 0.0523. The predicted molar refractivity (Wildman–Crippen MR) is 102 cm³/mol. The third-order valence-electron chi connectivity index (χ3n) is 4.82. The molecule has 1 aliphatic heterocycles. The lowest BCUT2D eigenvalue weighted by atomic mass is 9.99. The van der Waals surface area contributed by atoms with Gasteiger partial charge in [0.25, 0.3) is 5.91 Å². The summed E-state index contributed by atoms with van der Waals surface area (Å²) in [6.45, 7) is 7.48. The SMILES string of the molecule is COCCn1nc2c(c1C(=O)N(C)Cc1ccc(C)cn1)C[C@H](C)O[C@@H]2C. The van der Waals surface area contributed by atoms with Crippen molar-refractivity contribution >= 4 is 5.91 Å². The molecule has 2 atom stereocenters. The van der Waals surface area contributed by atoms with Gasteiger partial charge in [0.05, 0.1) is 43.3 Å². The van der Waals surface area contributed by atoms with E-state index in [2.05, 4.69) is 10.1 Å². The molecule has 0 unspecified atom stereocenters. The average Bonchev–Trinajstić information content (AvgIpc) is 2.99. The van der Waals surface area contributed by atoms with E-state index in [9.17, 15) is 4.79 Å². The molecule has 1 amide bonds. The summed E-state index contributed by atoms with van der Waals surface area (Å²) in [5.41, 5.74) is 4.44. The van der Waals surface area contributed by atoms with Crippen LogP contribution in [0.3, 0.4) is 0 Å². The monoisotopic (exact) mass is 372 g/mol. The Morgan fingerprint density at radius 3 is 2.85 bits per heavy atom. The molecule has 3 rings (SSSR count). The number of ether oxygens (including phenoxy) is 2. The van der Waals surface area contributed by atoms with Gasteiger partial charge in [-0.25, -0.2) is 0 Å². The topological polar surface area (TPSA) is 69.5 Å². The molecule has 0 saturated heterocycles. The summed E-state index contributed by atoms with van der Waals surface area (Å²) in [5.74, 6) is -0.0523. The van der Waals surface area contributed by atoms with Gasteiger partial charge in [-0.1, -0.05) is 6.07 Å². The second-order valence-electron chi connectivity index (χ2n) is 7.21. The van der Waals surface area contributed by atoms with Gasteiger partial charge in [0.2, 0.25) is 0 Å². The first-order chi connectivity index (χ1) is 12.9. The van der Waals surface area contributed by atoms with Gasteiger partial charge in [0.15, 0.2) is 0 Å². The van der Waals surface area contributed by atoms with Crippen LogP contribution in [0.4, 0.5) is 0 Å². The summed E-state index contributed by atoms with van der Waals surface area (Å²) in [7, 11) is 3.45. The second-order valence-corrected chi connectivity index (χ2v) is 7.21. The minimum Gasteiger partial charge on any atom is -0.383 e. The summed E-state index contributed by atoms with van der Waals surface area (Å²) >= 11 is 0. The Labute approximate surface area is 160 Å². The highest BCUT2D eigenvalue weighted by atomic mass is 16.5. The lowest BCUT2D eigenvalue weighted by molar-refractivity contribution is -0.00720. The molecule has 0 N–H and O–H groups in total. The predicted octanol–water partition coefficient (Wildman–Crippen LogP) is 2.53. The van der Waals surface area contributed by atoms with Gasteiger partial charge >= 0.3 is 0 Å². The number of hydrogen-bond acceptors (Lipinski definition) is 5. The van der Waals surface area contributed by atoms with Crippen molar-refractivity contribution in [2.45, 2.75) is 52.5 Å². The van der Waals surface area contributed by atoms with E-state index in [0.717, 1.165) is 22.5 Å². The number of nitrogens with zero attached hydrogens (tertiary/aromatic N) is 4. The Hall–Kier alpha value is -2.25. The Balaban J connectivity index is 1.90. The summed E-state index contributed by atoms with van der Waals surface area (Å²) in [6, 6.07) is 3.96. The first kappa shape index (κ1) is 19.5. The zero-order chi connectivity index (χ0) is 19.6. The molecular formula is C20H28N4O3. The summed E-state index contributed by atoms with van der Waals surface area (Å²) in [5, 5.41) is 4.67. The molecule has 2 aromatic rings. The van der Waals surface area contributed by atoms with E-state index in [-0.39, 0.29) is 18.1 Å². The molecule has 7 heteroatoms. The number of amides is 1. The molecule has 27 heavy (non-hydrogen) atoms. The quantitative estimate of drug-likeness (QED) is 0.779. The summed E-state index contributed by atoms with van der Waals surface area (Å²) in [4.78, 5) is 19.4. The fraction of sp³-hybridized carbons (Fsp3) is 0.550. The Morgan fingerprint density at radius 1 is 1.41 bits per heavy atom. The van der Waals surface area contributed by atoms with E-state index < -0.39 is 0 Å². The van der Waals surface area contributed by atoms with Crippen molar-refractivity contribution in [1.82, 2.24) is 19.7 Å². The van der Waals surface area contributed by atoms with Gasteiger partial charge in [-0.15, -0.1) is 0 Å². The normalized spacial score (nSPS) is 19.0. The van der Waals surface area contributed by atoms with Gasteiger partial charge in [0.1, 0.15) is 5.69 Å². The lowest BCUT2D eigenvalue weighted by Gasteiger charge is -2.25. The van der Waals surface area contributed by atoms with Crippen LogP contribution in [0.2, 0.25) is 0 Å². The highest BCUT2D eigenvalue weighted by molar-refractivity contribution is 5.94. The number of aromatic nitrogens is 3. The van der Waals surface area contributed by atoms with Crippen LogP contribution in [0.1, 0.15) is 53.0 Å². The Bertz CT molecular complexity index is 800. The molecular weight excluding hydrogens is 344 g/mol. The van der Waals surface area contributed by atoms with Crippen molar-refractivity contribution in [3.05, 3.63) is 46.5 Å².